The molecule has 0 bridgehead atoms. The first-order valence-corrected chi connectivity index (χ1v) is 11.6. The standard InChI is InChI=1S/C22H28N2O6S/c1-4-17-7-5-6-8-20(17)30-16(2)22(25)23-19-15-18(9-10-21(19)28-3)31(26,27)24-11-13-29-14-12-24/h5-10,15-16H,4,11-14H2,1-3H3,(H,23,25)/t16-/m0/s1. The van der Waals surface area contributed by atoms with E-state index in [0.29, 0.717) is 24.7 Å². The third kappa shape index (κ3) is 5.36. The van der Waals surface area contributed by atoms with Gasteiger partial charge in [0.25, 0.3) is 5.91 Å². The number of carbonyl (C=O) groups excluding carboxylic acids is 1. The van der Waals surface area contributed by atoms with Crippen LogP contribution in [0.1, 0.15) is 19.4 Å². The Labute approximate surface area is 183 Å². The molecule has 3 rings (SSSR count). The van der Waals surface area contributed by atoms with E-state index in [9.17, 15) is 13.2 Å². The largest absolute Gasteiger partial charge is 0.495 e. The summed E-state index contributed by atoms with van der Waals surface area (Å²) in [5.41, 5.74) is 1.26. The highest BCUT2D eigenvalue weighted by molar-refractivity contribution is 7.89. The number of ether oxygens (including phenoxy) is 3. The van der Waals surface area contributed by atoms with Crippen LogP contribution in [0.4, 0.5) is 5.69 Å². The lowest BCUT2D eigenvalue weighted by molar-refractivity contribution is -0.122. The van der Waals surface area contributed by atoms with Crippen molar-refractivity contribution in [3.05, 3.63) is 48.0 Å². The smallest absolute Gasteiger partial charge is 0.265 e. The van der Waals surface area contributed by atoms with Crippen molar-refractivity contribution in [1.82, 2.24) is 4.31 Å². The summed E-state index contributed by atoms with van der Waals surface area (Å²) < 4.78 is 43.7. The number of carbonyl (C=O) groups is 1. The van der Waals surface area contributed by atoms with Gasteiger partial charge in [0.05, 0.1) is 30.9 Å². The van der Waals surface area contributed by atoms with Crippen molar-refractivity contribution in [3.8, 4) is 11.5 Å². The van der Waals surface area contributed by atoms with Crippen LogP contribution >= 0.6 is 0 Å². The molecule has 1 saturated heterocycles. The van der Waals surface area contributed by atoms with Crippen molar-refractivity contribution in [3.63, 3.8) is 0 Å². The predicted octanol–water partition coefficient (Wildman–Crippen LogP) is 2.68. The summed E-state index contributed by atoms with van der Waals surface area (Å²) in [4.78, 5) is 12.9. The molecule has 2 aromatic rings. The molecule has 0 saturated carbocycles. The quantitative estimate of drug-likeness (QED) is 0.667. The van der Waals surface area contributed by atoms with Crippen LogP contribution < -0.4 is 14.8 Å². The molecule has 1 fully saturated rings. The van der Waals surface area contributed by atoms with E-state index in [4.69, 9.17) is 14.2 Å². The number of hydrogen-bond donors (Lipinski definition) is 1. The molecule has 1 atom stereocenters. The van der Waals surface area contributed by atoms with Gasteiger partial charge in [0.2, 0.25) is 10.0 Å². The van der Waals surface area contributed by atoms with Crippen molar-refractivity contribution in [1.29, 1.82) is 0 Å². The van der Waals surface area contributed by atoms with Crippen LogP contribution in [-0.2, 0) is 26.0 Å². The van der Waals surface area contributed by atoms with Crippen molar-refractivity contribution in [2.45, 2.75) is 31.3 Å². The van der Waals surface area contributed by atoms with Crippen LogP contribution in [0.3, 0.4) is 0 Å². The highest BCUT2D eigenvalue weighted by Gasteiger charge is 2.27. The number of para-hydroxylation sites is 1. The molecular weight excluding hydrogens is 420 g/mol. The number of anilines is 1. The lowest BCUT2D eigenvalue weighted by Crippen LogP contribution is -2.40. The number of rotatable bonds is 8. The second-order valence-electron chi connectivity index (χ2n) is 7.09. The maximum Gasteiger partial charge on any atom is 0.265 e. The summed E-state index contributed by atoms with van der Waals surface area (Å²) in [6, 6.07) is 11.9. The summed E-state index contributed by atoms with van der Waals surface area (Å²) in [6.07, 6.45) is -0.0170. The molecule has 1 aliphatic rings. The third-order valence-electron chi connectivity index (χ3n) is 5.06. The van der Waals surface area contributed by atoms with Crippen LogP contribution in [0, 0.1) is 0 Å². The molecular formula is C22H28N2O6S. The number of methoxy groups -OCH3 is 1. The third-order valence-corrected chi connectivity index (χ3v) is 6.96. The van der Waals surface area contributed by atoms with E-state index < -0.39 is 22.0 Å². The van der Waals surface area contributed by atoms with Gasteiger partial charge in [-0.2, -0.15) is 4.31 Å². The number of aryl methyl sites for hydroxylation is 1. The molecule has 0 aliphatic carbocycles. The van der Waals surface area contributed by atoms with Crippen molar-refractivity contribution in [2.75, 3.05) is 38.7 Å². The van der Waals surface area contributed by atoms with E-state index >= 15 is 0 Å². The van der Waals surface area contributed by atoms with Crippen molar-refractivity contribution < 1.29 is 27.4 Å². The van der Waals surface area contributed by atoms with E-state index in [1.54, 1.807) is 6.92 Å². The minimum atomic E-state index is -3.71. The molecule has 0 radical (unpaired) electrons. The van der Waals surface area contributed by atoms with Gasteiger partial charge in [-0.15, -0.1) is 0 Å². The first-order chi connectivity index (χ1) is 14.9. The zero-order chi connectivity index (χ0) is 22.4. The molecule has 1 amide bonds. The maximum atomic E-state index is 13.0. The highest BCUT2D eigenvalue weighted by Crippen LogP contribution is 2.30. The van der Waals surface area contributed by atoms with Gasteiger partial charge in [0, 0.05) is 13.1 Å². The summed E-state index contributed by atoms with van der Waals surface area (Å²) in [5, 5.41) is 2.74. The lowest BCUT2D eigenvalue weighted by Gasteiger charge is -2.26. The topological polar surface area (TPSA) is 94.2 Å². The van der Waals surface area contributed by atoms with Crippen molar-refractivity contribution in [2.24, 2.45) is 0 Å². The van der Waals surface area contributed by atoms with Gasteiger partial charge in [-0.25, -0.2) is 8.42 Å². The normalized spacial score (nSPS) is 15.8. The number of amides is 1. The highest BCUT2D eigenvalue weighted by atomic mass is 32.2. The van der Waals surface area contributed by atoms with Gasteiger partial charge >= 0.3 is 0 Å². The molecule has 1 aliphatic heterocycles. The average Bonchev–Trinajstić information content (AvgIpc) is 2.79. The Hall–Kier alpha value is -2.62. The molecule has 168 valence electrons. The van der Waals surface area contributed by atoms with E-state index in [1.807, 2.05) is 31.2 Å². The molecule has 0 aromatic heterocycles. The Balaban J connectivity index is 1.79. The maximum absolute atomic E-state index is 13.0. The molecule has 8 nitrogen and oxygen atoms in total. The fraction of sp³-hybridized carbons (Fsp3) is 0.409. The molecule has 31 heavy (non-hydrogen) atoms. The number of morpholine rings is 1. The predicted molar refractivity (Wildman–Crippen MR) is 117 cm³/mol. The minimum absolute atomic E-state index is 0.0791. The van der Waals surface area contributed by atoms with Gasteiger partial charge in [-0.3, -0.25) is 4.79 Å². The molecule has 1 N–H and O–H groups in total. The molecule has 0 spiro atoms. The minimum Gasteiger partial charge on any atom is -0.495 e. The SMILES string of the molecule is CCc1ccccc1O[C@@H](C)C(=O)Nc1cc(S(=O)(=O)N2CCOCC2)ccc1OC. The summed E-state index contributed by atoms with van der Waals surface area (Å²) in [6.45, 7) is 4.94. The van der Waals surface area contributed by atoms with Crippen LogP contribution in [0.2, 0.25) is 0 Å². The lowest BCUT2D eigenvalue weighted by atomic mass is 10.1. The number of hydrogen-bond acceptors (Lipinski definition) is 6. The van der Waals surface area contributed by atoms with Gasteiger partial charge in [-0.1, -0.05) is 25.1 Å². The van der Waals surface area contributed by atoms with Crippen LogP contribution in [-0.4, -0.2) is 58.1 Å². The second-order valence-corrected chi connectivity index (χ2v) is 9.03. The Morgan fingerprint density at radius 2 is 1.87 bits per heavy atom. The molecule has 0 unspecified atom stereocenters. The second kappa shape index (κ2) is 10.1. The molecule has 2 aromatic carbocycles. The number of nitrogens with one attached hydrogen (secondary N) is 1. The van der Waals surface area contributed by atoms with Crippen LogP contribution in [0.5, 0.6) is 11.5 Å². The zero-order valence-electron chi connectivity index (χ0n) is 18.0. The molecule has 9 heteroatoms. The van der Waals surface area contributed by atoms with E-state index in [1.165, 1.54) is 29.6 Å². The monoisotopic (exact) mass is 448 g/mol. The molecule has 1 heterocycles. The summed E-state index contributed by atoms with van der Waals surface area (Å²) in [7, 11) is -2.25. The first kappa shape index (κ1) is 23.1. The van der Waals surface area contributed by atoms with Gasteiger partial charge < -0.3 is 19.5 Å². The zero-order valence-corrected chi connectivity index (χ0v) is 18.8. The number of nitrogens with zero attached hydrogens (tertiary/aromatic N) is 1. The Bertz CT molecular complexity index is 1020. The first-order valence-electron chi connectivity index (χ1n) is 10.2. The van der Waals surface area contributed by atoms with Crippen LogP contribution in [0.15, 0.2) is 47.4 Å². The van der Waals surface area contributed by atoms with E-state index in [0.717, 1.165) is 12.0 Å². The Morgan fingerprint density at radius 3 is 2.55 bits per heavy atom. The van der Waals surface area contributed by atoms with Gasteiger partial charge in [-0.05, 0) is 43.2 Å². The summed E-state index contributed by atoms with van der Waals surface area (Å²) >= 11 is 0. The Kier molecular flexibility index (Phi) is 7.53. The van der Waals surface area contributed by atoms with Crippen molar-refractivity contribution >= 4 is 21.6 Å². The number of benzene rings is 2. The van der Waals surface area contributed by atoms with E-state index in [-0.39, 0.29) is 23.7 Å². The summed E-state index contributed by atoms with van der Waals surface area (Å²) in [5.74, 6) is 0.587. The fourth-order valence-electron chi connectivity index (χ4n) is 3.27. The Morgan fingerprint density at radius 1 is 1.16 bits per heavy atom. The van der Waals surface area contributed by atoms with Gasteiger partial charge in [0.15, 0.2) is 6.10 Å². The number of sulfonamides is 1. The van der Waals surface area contributed by atoms with Crippen LogP contribution in [0.25, 0.3) is 0 Å². The van der Waals surface area contributed by atoms with E-state index in [2.05, 4.69) is 5.32 Å². The van der Waals surface area contributed by atoms with Gasteiger partial charge in [0.1, 0.15) is 11.5 Å². The fourth-order valence-corrected chi connectivity index (χ4v) is 4.71. The average molecular weight is 449 g/mol.